The molecule has 3 aromatic heterocycles. The van der Waals surface area contributed by atoms with Gasteiger partial charge in [-0.2, -0.15) is 10.1 Å². The number of hydrogen-bond acceptors (Lipinski definition) is 14. The topological polar surface area (TPSA) is 211 Å². The molecule has 302 valence electrons. The van der Waals surface area contributed by atoms with Gasteiger partial charge >= 0.3 is 0 Å². The van der Waals surface area contributed by atoms with E-state index < -0.39 is 0 Å². The molecule has 6 N–H and O–H groups in total. The molecule has 5 aromatic rings. The molecule has 1 amide bonds. The fourth-order valence-corrected chi connectivity index (χ4v) is 6.60. The Labute approximate surface area is 333 Å². The first kappa shape index (κ1) is 42.3. The fraction of sp³-hybridized carbons (Fsp3) is 0.415. The second kappa shape index (κ2) is 21.5. The maximum atomic E-state index is 12.1. The van der Waals surface area contributed by atoms with Crippen molar-refractivity contribution in [3.63, 3.8) is 0 Å². The third-order valence-corrected chi connectivity index (χ3v) is 9.72. The Kier molecular flexibility index (Phi) is 15.9. The number of oxazole rings is 1. The number of benzene rings is 2. The Morgan fingerprint density at radius 2 is 1.95 bits per heavy atom. The second-order valence-electron chi connectivity index (χ2n) is 13.9. The molecule has 0 atom stereocenters. The number of aliphatic imine (C=N–C) groups is 2. The Balaban J connectivity index is 0.000000227. The number of nitrogens with one attached hydrogen (secondary N) is 2. The summed E-state index contributed by atoms with van der Waals surface area (Å²) in [7, 11) is 4.09. The van der Waals surface area contributed by atoms with E-state index in [-0.39, 0.29) is 11.9 Å². The van der Waals surface area contributed by atoms with E-state index in [1.807, 2.05) is 29.9 Å². The first-order valence-electron chi connectivity index (χ1n) is 19.4. The molecule has 0 bridgehead atoms. The zero-order valence-corrected chi connectivity index (χ0v) is 33.3. The van der Waals surface area contributed by atoms with Crippen molar-refractivity contribution < 1.29 is 14.0 Å². The van der Waals surface area contributed by atoms with Crippen LogP contribution in [0.15, 0.2) is 68.9 Å². The molecule has 4 heterocycles. The van der Waals surface area contributed by atoms with E-state index >= 15 is 0 Å². The molecular formula is C41H55N13O3. The highest BCUT2D eigenvalue weighted by Gasteiger charge is 2.19. The van der Waals surface area contributed by atoms with E-state index in [9.17, 15) is 9.59 Å². The highest BCUT2D eigenvalue weighted by atomic mass is 16.4. The summed E-state index contributed by atoms with van der Waals surface area (Å²) in [5, 5.41) is 11.6. The standard InChI is InChI=1S/C23H22N8O.C18H33N5O2/c1-30-7-6-14-8-13(2-3-16(14)11-30)10-31-22-19(21(24)26-12-27-22)20(29-31)15-4-5-18-17(9-15)28-23(25)32-18;1-4-23(12-10-19-2)13-11-21-16-17(15-20-3)18(25)22-9-7-5-6-8-14-24/h2-5,8-9,12H,6-7,10-11H2,1H3,(H2,25,28)(H2,24,26,27);14-16,19H,3-13H2,1-2H3,(H,22,25)/b;17-15+,21-16?. The van der Waals surface area contributed by atoms with E-state index in [1.165, 1.54) is 29.2 Å². The van der Waals surface area contributed by atoms with Crippen LogP contribution in [0.3, 0.4) is 0 Å². The van der Waals surface area contributed by atoms with E-state index in [1.54, 1.807) is 6.21 Å². The minimum Gasteiger partial charge on any atom is -0.424 e. The van der Waals surface area contributed by atoms with Gasteiger partial charge in [-0.1, -0.05) is 31.5 Å². The number of rotatable bonds is 19. The zero-order chi connectivity index (χ0) is 40.6. The number of unbranched alkanes of at least 4 members (excludes halogenated alkanes) is 3. The number of aromatic nitrogens is 5. The van der Waals surface area contributed by atoms with Crippen molar-refractivity contribution in [1.29, 1.82) is 0 Å². The van der Waals surface area contributed by atoms with Crippen LogP contribution in [0.1, 0.15) is 49.3 Å². The number of aldehydes is 1. The molecule has 0 unspecified atom stereocenters. The van der Waals surface area contributed by atoms with Crippen molar-refractivity contribution in [3.8, 4) is 11.3 Å². The normalized spacial score (nSPS) is 13.2. The van der Waals surface area contributed by atoms with Gasteiger partial charge in [0.1, 0.15) is 29.6 Å². The predicted molar refractivity (Wildman–Crippen MR) is 227 cm³/mol. The van der Waals surface area contributed by atoms with Gasteiger partial charge in [0.2, 0.25) is 0 Å². The molecule has 0 spiro atoms. The summed E-state index contributed by atoms with van der Waals surface area (Å²) in [6, 6.07) is 12.4. The van der Waals surface area contributed by atoms with Crippen LogP contribution in [-0.4, -0.2) is 120 Å². The van der Waals surface area contributed by atoms with Gasteiger partial charge in [0, 0.05) is 63.7 Å². The number of anilines is 2. The van der Waals surface area contributed by atoms with Crippen molar-refractivity contribution in [2.24, 2.45) is 9.98 Å². The monoisotopic (exact) mass is 777 g/mol. The number of amides is 1. The van der Waals surface area contributed by atoms with Crippen molar-refractivity contribution in [2.75, 3.05) is 71.4 Å². The Hall–Kier alpha value is -5.84. The fourth-order valence-electron chi connectivity index (χ4n) is 6.60. The average Bonchev–Trinajstić information content (AvgIpc) is 3.78. The molecule has 0 saturated heterocycles. The molecule has 16 nitrogen and oxygen atoms in total. The molecule has 0 aliphatic carbocycles. The summed E-state index contributed by atoms with van der Waals surface area (Å²) in [6.45, 7) is 13.1. The number of nitrogens with two attached hydrogens (primary N) is 2. The maximum Gasteiger partial charge on any atom is 0.292 e. The van der Waals surface area contributed by atoms with Gasteiger partial charge in [-0.25, -0.2) is 14.6 Å². The van der Waals surface area contributed by atoms with Crippen molar-refractivity contribution in [3.05, 3.63) is 71.2 Å². The lowest BCUT2D eigenvalue weighted by Gasteiger charge is -2.25. The number of nitrogens with zero attached hydrogens (tertiary/aromatic N) is 9. The molecule has 6 rings (SSSR count). The minimum atomic E-state index is -0.200. The van der Waals surface area contributed by atoms with Crippen LogP contribution in [-0.2, 0) is 29.1 Å². The smallest absolute Gasteiger partial charge is 0.292 e. The highest BCUT2D eigenvalue weighted by Crippen LogP contribution is 2.33. The number of nitrogen functional groups attached to an aromatic ring is 2. The van der Waals surface area contributed by atoms with E-state index in [4.69, 9.17) is 21.0 Å². The quantitative estimate of drug-likeness (QED) is 0.0407. The Morgan fingerprint density at radius 1 is 1.09 bits per heavy atom. The first-order valence-corrected chi connectivity index (χ1v) is 19.4. The van der Waals surface area contributed by atoms with Crippen LogP contribution >= 0.6 is 0 Å². The van der Waals surface area contributed by atoms with Crippen LogP contribution in [0, 0.1) is 0 Å². The van der Waals surface area contributed by atoms with Crippen LogP contribution in [0.2, 0.25) is 0 Å². The molecule has 1 aliphatic heterocycles. The summed E-state index contributed by atoms with van der Waals surface area (Å²) < 4.78 is 7.28. The molecule has 16 heteroatoms. The predicted octanol–water partition coefficient (Wildman–Crippen LogP) is 3.89. The van der Waals surface area contributed by atoms with Gasteiger partial charge < -0.3 is 41.1 Å². The lowest BCUT2D eigenvalue weighted by Crippen LogP contribution is -2.32. The van der Waals surface area contributed by atoms with Gasteiger partial charge in [-0.05, 0) is 81.5 Å². The lowest BCUT2D eigenvalue weighted by atomic mass is 9.97. The lowest BCUT2D eigenvalue weighted by molar-refractivity contribution is -0.117. The highest BCUT2D eigenvalue weighted by molar-refractivity contribution is 6.12. The summed E-state index contributed by atoms with van der Waals surface area (Å²) in [5.74, 6) is 0.193. The molecular weight excluding hydrogens is 723 g/mol. The third kappa shape index (κ3) is 11.8. The Bertz CT molecular complexity index is 2170. The van der Waals surface area contributed by atoms with Gasteiger partial charge in [0.15, 0.2) is 11.2 Å². The molecule has 2 aromatic carbocycles. The van der Waals surface area contributed by atoms with Crippen LogP contribution in [0.4, 0.5) is 11.8 Å². The first-order chi connectivity index (χ1) is 27.7. The third-order valence-electron chi connectivity index (χ3n) is 9.72. The average molecular weight is 778 g/mol. The summed E-state index contributed by atoms with van der Waals surface area (Å²) in [5.41, 5.74) is 19.9. The number of carbonyl (C=O) groups is 2. The molecule has 0 radical (unpaired) electrons. The van der Waals surface area contributed by atoms with Gasteiger partial charge in [0.25, 0.3) is 11.9 Å². The Morgan fingerprint density at radius 3 is 2.74 bits per heavy atom. The zero-order valence-electron chi connectivity index (χ0n) is 33.3. The van der Waals surface area contributed by atoms with E-state index in [2.05, 4.69) is 84.3 Å². The van der Waals surface area contributed by atoms with Crippen molar-refractivity contribution >= 4 is 59.1 Å². The molecule has 57 heavy (non-hydrogen) atoms. The van der Waals surface area contributed by atoms with Gasteiger partial charge in [-0.15, -0.1) is 0 Å². The minimum absolute atomic E-state index is 0.133. The van der Waals surface area contributed by atoms with Crippen LogP contribution in [0.25, 0.3) is 33.4 Å². The number of likely N-dealkylation sites (N-methyl/N-ethyl adjacent to an activating group) is 3. The maximum absolute atomic E-state index is 12.1. The summed E-state index contributed by atoms with van der Waals surface area (Å²) in [6.07, 6.45) is 9.64. The van der Waals surface area contributed by atoms with Gasteiger partial charge in [0.05, 0.1) is 24.0 Å². The largest absolute Gasteiger partial charge is 0.424 e. The molecule has 0 saturated carbocycles. The van der Waals surface area contributed by atoms with Crippen LogP contribution < -0.4 is 22.1 Å². The second-order valence-corrected chi connectivity index (χ2v) is 13.9. The summed E-state index contributed by atoms with van der Waals surface area (Å²) in [4.78, 5) is 47.9. The van der Waals surface area contributed by atoms with E-state index in [0.717, 1.165) is 82.2 Å². The van der Waals surface area contributed by atoms with Crippen molar-refractivity contribution in [2.45, 2.75) is 52.1 Å². The van der Waals surface area contributed by atoms with Gasteiger partial charge in [-0.3, -0.25) is 14.8 Å². The van der Waals surface area contributed by atoms with Crippen molar-refractivity contribution in [1.82, 2.24) is 45.2 Å². The molecule has 1 aliphatic rings. The number of fused-ring (bicyclic) bond motifs is 3. The SMILES string of the molecule is C=N/C=C(\C=NCCN(CC)CCNC)C(=O)NCCCCCC=O.CN1CCc2cc(Cn3nc(-c4ccc5oc(N)nc5c4)c4c(N)ncnc43)ccc2C1. The number of carbonyl (C=O) groups excluding carboxylic acids is 2. The number of hydrogen-bond donors (Lipinski definition) is 4. The van der Waals surface area contributed by atoms with Crippen LogP contribution in [0.5, 0.6) is 0 Å². The van der Waals surface area contributed by atoms with E-state index in [0.29, 0.717) is 59.9 Å². The molecule has 0 fully saturated rings. The summed E-state index contributed by atoms with van der Waals surface area (Å²) >= 11 is 0.